The molecule has 2 aromatic carbocycles. The Morgan fingerprint density at radius 2 is 1.50 bits per heavy atom. The highest BCUT2D eigenvalue weighted by Gasteiger charge is 2.30. The summed E-state index contributed by atoms with van der Waals surface area (Å²) in [5.41, 5.74) is 5.05. The Morgan fingerprint density at radius 1 is 0.853 bits per heavy atom. The lowest BCUT2D eigenvalue weighted by molar-refractivity contribution is -0.137. The third-order valence-corrected chi connectivity index (χ3v) is 6.12. The Morgan fingerprint density at radius 3 is 2.09 bits per heavy atom. The number of anilines is 2. The zero-order valence-electron chi connectivity index (χ0n) is 19.3. The number of piperazine rings is 1. The fourth-order valence-electron chi connectivity index (χ4n) is 3.96. The van der Waals surface area contributed by atoms with E-state index in [1.54, 1.807) is 4.90 Å². The molecule has 6 nitrogen and oxygen atoms in total. The van der Waals surface area contributed by atoms with Crippen LogP contribution in [0, 0.1) is 20.8 Å². The summed E-state index contributed by atoms with van der Waals surface area (Å²) in [6, 6.07) is 12.3. The molecule has 0 spiro atoms. The van der Waals surface area contributed by atoms with E-state index in [4.69, 9.17) is 0 Å². The average molecular weight is 470 g/mol. The van der Waals surface area contributed by atoms with Gasteiger partial charge in [-0.25, -0.2) is 4.79 Å². The van der Waals surface area contributed by atoms with Crippen LogP contribution in [-0.2, 0) is 6.18 Å². The molecular weight excluding hydrogens is 443 g/mol. The highest BCUT2D eigenvalue weighted by molar-refractivity contribution is 5.89. The van der Waals surface area contributed by atoms with Gasteiger partial charge in [-0.05, 0) is 79.9 Å². The van der Waals surface area contributed by atoms with Crippen molar-refractivity contribution in [2.45, 2.75) is 26.9 Å². The van der Waals surface area contributed by atoms with Gasteiger partial charge in [0, 0.05) is 37.4 Å². The van der Waals surface area contributed by atoms with E-state index in [-0.39, 0.29) is 6.03 Å². The summed E-state index contributed by atoms with van der Waals surface area (Å²) in [7, 11) is 0. The third-order valence-electron chi connectivity index (χ3n) is 6.12. The summed E-state index contributed by atoms with van der Waals surface area (Å²) < 4.78 is 38.1. The molecule has 1 aliphatic heterocycles. The number of halogens is 3. The first-order valence-electron chi connectivity index (χ1n) is 11.0. The first-order chi connectivity index (χ1) is 16.1. The van der Waals surface area contributed by atoms with E-state index in [9.17, 15) is 18.0 Å². The minimum atomic E-state index is -4.40. The molecule has 1 aromatic heterocycles. The van der Waals surface area contributed by atoms with Gasteiger partial charge in [0.15, 0.2) is 5.82 Å². The van der Waals surface area contributed by atoms with Crippen LogP contribution in [0.3, 0.4) is 0 Å². The Kier molecular flexibility index (Phi) is 6.45. The number of benzene rings is 2. The number of carbonyl (C=O) groups is 1. The van der Waals surface area contributed by atoms with Gasteiger partial charge >= 0.3 is 12.2 Å². The summed E-state index contributed by atoms with van der Waals surface area (Å²) in [5.74, 6) is 0.744. The lowest BCUT2D eigenvalue weighted by atomic mass is 9.99. The van der Waals surface area contributed by atoms with Gasteiger partial charge in [-0.15, -0.1) is 10.2 Å². The number of carbonyl (C=O) groups excluding carboxylic acids is 1. The number of alkyl halides is 3. The number of nitrogens with one attached hydrogen (secondary N) is 1. The van der Waals surface area contributed by atoms with E-state index in [2.05, 4.69) is 53.3 Å². The van der Waals surface area contributed by atoms with Crippen molar-refractivity contribution in [3.8, 4) is 11.3 Å². The van der Waals surface area contributed by atoms with Crippen LogP contribution in [0.1, 0.15) is 22.3 Å². The second kappa shape index (κ2) is 9.32. The Balaban J connectivity index is 1.34. The number of nitrogens with zero attached hydrogens (tertiary/aromatic N) is 4. The van der Waals surface area contributed by atoms with Gasteiger partial charge in [-0.1, -0.05) is 6.07 Å². The molecule has 34 heavy (non-hydrogen) atoms. The van der Waals surface area contributed by atoms with E-state index in [0.717, 1.165) is 34.8 Å². The molecule has 0 aliphatic carbocycles. The Bertz CT molecular complexity index is 1170. The number of aromatic nitrogens is 2. The topological polar surface area (TPSA) is 61.4 Å². The predicted octanol–water partition coefficient (Wildman–Crippen LogP) is 5.44. The molecule has 0 saturated carbocycles. The Hall–Kier alpha value is -3.62. The molecule has 1 fully saturated rings. The maximum absolute atomic E-state index is 12.7. The SMILES string of the molecule is Cc1cc(C)c(-c2ccc(N3CCN(C(=O)Nc4ccc(C(F)(F)F)cc4)CC3)nn2)cc1C. The molecule has 1 saturated heterocycles. The number of aryl methyl sites for hydroxylation is 3. The van der Waals surface area contributed by atoms with Gasteiger partial charge in [0.05, 0.1) is 11.3 Å². The van der Waals surface area contributed by atoms with Crippen molar-refractivity contribution in [3.63, 3.8) is 0 Å². The summed E-state index contributed by atoms with van der Waals surface area (Å²) in [4.78, 5) is 16.2. The van der Waals surface area contributed by atoms with E-state index in [0.29, 0.717) is 31.9 Å². The monoisotopic (exact) mass is 469 g/mol. The molecule has 0 radical (unpaired) electrons. The summed E-state index contributed by atoms with van der Waals surface area (Å²) in [6.07, 6.45) is -4.40. The zero-order valence-corrected chi connectivity index (χ0v) is 19.3. The van der Waals surface area contributed by atoms with E-state index < -0.39 is 11.7 Å². The van der Waals surface area contributed by atoms with Crippen LogP contribution >= 0.6 is 0 Å². The zero-order chi connectivity index (χ0) is 24.5. The number of rotatable bonds is 3. The molecule has 1 aliphatic rings. The largest absolute Gasteiger partial charge is 0.416 e. The summed E-state index contributed by atoms with van der Waals surface area (Å²) in [6.45, 7) is 8.32. The molecular formula is C25H26F3N5O. The molecule has 4 rings (SSSR count). The van der Waals surface area contributed by atoms with E-state index in [1.165, 1.54) is 23.3 Å². The van der Waals surface area contributed by atoms with Gasteiger partial charge in [-0.3, -0.25) is 0 Å². The van der Waals surface area contributed by atoms with Gasteiger partial charge in [0.25, 0.3) is 0 Å². The lowest BCUT2D eigenvalue weighted by Gasteiger charge is -2.35. The fraction of sp³-hybridized carbons (Fsp3) is 0.320. The van der Waals surface area contributed by atoms with Crippen LogP contribution in [0.25, 0.3) is 11.3 Å². The molecule has 178 valence electrons. The number of urea groups is 1. The number of hydrogen-bond acceptors (Lipinski definition) is 4. The average Bonchev–Trinajstić information content (AvgIpc) is 2.81. The van der Waals surface area contributed by atoms with E-state index in [1.807, 2.05) is 12.1 Å². The highest BCUT2D eigenvalue weighted by atomic mass is 19.4. The number of amides is 2. The van der Waals surface area contributed by atoms with Crippen LogP contribution in [0.5, 0.6) is 0 Å². The van der Waals surface area contributed by atoms with Crippen LogP contribution in [0.2, 0.25) is 0 Å². The van der Waals surface area contributed by atoms with Crippen LogP contribution in [0.4, 0.5) is 29.5 Å². The van der Waals surface area contributed by atoms with E-state index >= 15 is 0 Å². The molecule has 1 N–H and O–H groups in total. The van der Waals surface area contributed by atoms with Gasteiger partial charge < -0.3 is 15.1 Å². The maximum Gasteiger partial charge on any atom is 0.416 e. The standard InChI is InChI=1S/C25H26F3N5O/c1-16-14-18(3)21(15-17(16)2)22-8-9-23(31-30-22)32-10-12-33(13-11-32)24(34)29-20-6-4-19(5-7-20)25(26,27)28/h4-9,14-15H,10-13H2,1-3H3,(H,29,34). The van der Waals surface area contributed by atoms with Crippen molar-refractivity contribution in [2.24, 2.45) is 0 Å². The lowest BCUT2D eigenvalue weighted by Crippen LogP contribution is -2.50. The molecule has 0 unspecified atom stereocenters. The van der Waals surface area contributed by atoms with Crippen molar-refractivity contribution in [1.29, 1.82) is 0 Å². The quantitative estimate of drug-likeness (QED) is 0.555. The Labute approximate surface area is 196 Å². The fourth-order valence-corrected chi connectivity index (χ4v) is 3.96. The van der Waals surface area contributed by atoms with Crippen LogP contribution < -0.4 is 10.2 Å². The van der Waals surface area contributed by atoms with Crippen molar-refractivity contribution < 1.29 is 18.0 Å². The molecule has 0 bridgehead atoms. The maximum atomic E-state index is 12.7. The summed E-state index contributed by atoms with van der Waals surface area (Å²) in [5, 5.41) is 11.5. The minimum Gasteiger partial charge on any atom is -0.352 e. The van der Waals surface area contributed by atoms with Crippen molar-refractivity contribution in [2.75, 3.05) is 36.4 Å². The van der Waals surface area contributed by atoms with Crippen LogP contribution in [0.15, 0.2) is 48.5 Å². The third kappa shape index (κ3) is 5.13. The van der Waals surface area contributed by atoms with Crippen molar-refractivity contribution >= 4 is 17.5 Å². The van der Waals surface area contributed by atoms with Gasteiger partial charge in [0.2, 0.25) is 0 Å². The molecule has 2 heterocycles. The second-order valence-electron chi connectivity index (χ2n) is 8.51. The van der Waals surface area contributed by atoms with Gasteiger partial charge in [-0.2, -0.15) is 13.2 Å². The molecule has 0 atom stereocenters. The smallest absolute Gasteiger partial charge is 0.352 e. The van der Waals surface area contributed by atoms with Crippen molar-refractivity contribution in [3.05, 3.63) is 70.8 Å². The summed E-state index contributed by atoms with van der Waals surface area (Å²) >= 11 is 0. The first kappa shape index (κ1) is 23.5. The first-order valence-corrected chi connectivity index (χ1v) is 11.0. The predicted molar refractivity (Wildman–Crippen MR) is 126 cm³/mol. The minimum absolute atomic E-state index is 0.323. The van der Waals surface area contributed by atoms with Crippen LogP contribution in [-0.4, -0.2) is 47.3 Å². The normalized spacial score (nSPS) is 14.3. The molecule has 9 heteroatoms. The second-order valence-corrected chi connectivity index (χ2v) is 8.51. The number of hydrogen-bond donors (Lipinski definition) is 1. The molecule has 2 amide bonds. The van der Waals surface area contributed by atoms with Crippen molar-refractivity contribution in [1.82, 2.24) is 15.1 Å². The molecule has 3 aromatic rings. The highest BCUT2D eigenvalue weighted by Crippen LogP contribution is 2.30. The van der Waals surface area contributed by atoms with Gasteiger partial charge in [0.1, 0.15) is 0 Å².